The van der Waals surface area contributed by atoms with Crippen molar-refractivity contribution in [3.05, 3.63) is 64.2 Å². The van der Waals surface area contributed by atoms with Gasteiger partial charge in [0.2, 0.25) is 5.91 Å². The molecule has 0 unspecified atom stereocenters. The average Bonchev–Trinajstić information content (AvgIpc) is 2.78. The third-order valence-electron chi connectivity index (χ3n) is 5.28. The molecule has 1 N–H and O–H groups in total. The fourth-order valence-corrected chi connectivity index (χ4v) is 4.24. The number of non-ortho nitro benzene ring substituents is 1. The molecule has 0 heterocycles. The molecule has 0 atom stereocenters. The Morgan fingerprint density at radius 2 is 1.70 bits per heavy atom. The summed E-state index contributed by atoms with van der Waals surface area (Å²) in [5, 5.41) is 13.5. The highest BCUT2D eigenvalue weighted by Gasteiger charge is 2.22. The van der Waals surface area contributed by atoms with E-state index in [9.17, 15) is 19.7 Å². The Bertz CT molecular complexity index is 894. The first-order valence-corrected chi connectivity index (χ1v) is 11.0. The van der Waals surface area contributed by atoms with Crippen molar-refractivity contribution in [3.63, 3.8) is 0 Å². The summed E-state index contributed by atoms with van der Waals surface area (Å²) >= 11 is 1.30. The molecule has 2 amide bonds. The van der Waals surface area contributed by atoms with E-state index >= 15 is 0 Å². The van der Waals surface area contributed by atoms with Gasteiger partial charge in [0.15, 0.2) is 0 Å². The molecule has 30 heavy (non-hydrogen) atoms. The smallest absolute Gasteiger partial charge is 0.269 e. The summed E-state index contributed by atoms with van der Waals surface area (Å²) in [6.45, 7) is 0. The number of nitro benzene ring substituents is 1. The molecular weight excluding hydrogens is 402 g/mol. The maximum atomic E-state index is 12.7. The van der Waals surface area contributed by atoms with Gasteiger partial charge in [-0.1, -0.05) is 19.3 Å². The highest BCUT2D eigenvalue weighted by Crippen LogP contribution is 2.24. The van der Waals surface area contributed by atoms with Gasteiger partial charge >= 0.3 is 0 Å². The first kappa shape index (κ1) is 21.8. The number of carbonyl (C=O) groups is 2. The minimum Gasteiger partial charge on any atom is -0.339 e. The summed E-state index contributed by atoms with van der Waals surface area (Å²) in [5.41, 5.74) is 1.26. The van der Waals surface area contributed by atoms with Gasteiger partial charge in [-0.05, 0) is 49.2 Å². The molecule has 7 nitrogen and oxygen atoms in total. The van der Waals surface area contributed by atoms with E-state index in [1.54, 1.807) is 36.4 Å². The molecule has 1 aliphatic carbocycles. The van der Waals surface area contributed by atoms with Gasteiger partial charge in [0.05, 0.1) is 10.7 Å². The van der Waals surface area contributed by atoms with Crippen LogP contribution in [-0.4, -0.2) is 40.5 Å². The molecule has 1 saturated carbocycles. The van der Waals surface area contributed by atoms with Gasteiger partial charge < -0.3 is 10.2 Å². The van der Waals surface area contributed by atoms with Crippen LogP contribution in [0.2, 0.25) is 0 Å². The summed E-state index contributed by atoms with van der Waals surface area (Å²) in [4.78, 5) is 37.7. The predicted octanol–water partition coefficient (Wildman–Crippen LogP) is 4.73. The van der Waals surface area contributed by atoms with Crippen molar-refractivity contribution in [2.75, 3.05) is 18.1 Å². The molecule has 8 heteroatoms. The number of nitrogens with one attached hydrogen (secondary N) is 1. The summed E-state index contributed by atoms with van der Waals surface area (Å²) in [6.07, 6.45) is 5.71. The molecule has 2 aromatic carbocycles. The number of carbonyl (C=O) groups excluding carboxylic acids is 2. The molecule has 1 fully saturated rings. The van der Waals surface area contributed by atoms with E-state index in [-0.39, 0.29) is 23.3 Å². The number of rotatable bonds is 7. The number of hydrogen-bond acceptors (Lipinski definition) is 5. The zero-order valence-corrected chi connectivity index (χ0v) is 17.7. The van der Waals surface area contributed by atoms with Gasteiger partial charge in [0.1, 0.15) is 0 Å². The van der Waals surface area contributed by atoms with Crippen LogP contribution in [0, 0.1) is 10.1 Å². The number of amides is 2. The normalized spacial score (nSPS) is 14.2. The van der Waals surface area contributed by atoms with Crippen molar-refractivity contribution in [1.29, 1.82) is 0 Å². The topological polar surface area (TPSA) is 92.6 Å². The molecule has 2 aromatic rings. The molecular formula is C22H25N3O4S. The Morgan fingerprint density at radius 1 is 1.07 bits per heavy atom. The average molecular weight is 428 g/mol. The number of hydrogen-bond donors (Lipinski definition) is 1. The Kier molecular flexibility index (Phi) is 7.46. The molecule has 0 aromatic heterocycles. The maximum absolute atomic E-state index is 12.7. The molecule has 0 spiro atoms. The second-order valence-electron chi connectivity index (χ2n) is 7.37. The van der Waals surface area contributed by atoms with Crippen LogP contribution >= 0.6 is 11.8 Å². The number of nitro groups is 1. The third-order valence-corrected chi connectivity index (χ3v) is 6.29. The molecule has 0 radical (unpaired) electrons. The van der Waals surface area contributed by atoms with Gasteiger partial charge in [-0.2, -0.15) is 0 Å². The molecule has 158 valence electrons. The van der Waals surface area contributed by atoms with Crippen molar-refractivity contribution in [1.82, 2.24) is 4.90 Å². The quantitative estimate of drug-likeness (QED) is 0.392. The zero-order valence-electron chi connectivity index (χ0n) is 16.9. The van der Waals surface area contributed by atoms with Crippen LogP contribution < -0.4 is 5.32 Å². The van der Waals surface area contributed by atoms with E-state index in [1.807, 2.05) is 11.9 Å². The number of nitrogens with zero attached hydrogens (tertiary/aromatic N) is 2. The van der Waals surface area contributed by atoms with Gasteiger partial charge in [0, 0.05) is 41.4 Å². The summed E-state index contributed by atoms with van der Waals surface area (Å²) in [7, 11) is 1.86. The van der Waals surface area contributed by atoms with E-state index < -0.39 is 4.92 Å². The predicted molar refractivity (Wildman–Crippen MR) is 118 cm³/mol. The van der Waals surface area contributed by atoms with Crippen molar-refractivity contribution < 1.29 is 14.5 Å². The number of thioether (sulfide) groups is 1. The minimum atomic E-state index is -0.456. The van der Waals surface area contributed by atoms with Crippen molar-refractivity contribution >= 4 is 35.0 Å². The van der Waals surface area contributed by atoms with E-state index in [4.69, 9.17) is 0 Å². The zero-order chi connectivity index (χ0) is 21.5. The molecule has 0 aliphatic heterocycles. The lowest BCUT2D eigenvalue weighted by molar-refractivity contribution is -0.384. The Morgan fingerprint density at radius 3 is 2.30 bits per heavy atom. The second kappa shape index (κ2) is 10.2. The lowest BCUT2D eigenvalue weighted by Gasteiger charge is -2.31. The number of anilines is 1. The van der Waals surface area contributed by atoms with Crippen LogP contribution in [0.3, 0.4) is 0 Å². The third kappa shape index (κ3) is 5.82. The molecule has 3 rings (SSSR count). The molecule has 0 saturated heterocycles. The summed E-state index contributed by atoms with van der Waals surface area (Å²) in [6, 6.07) is 13.3. The van der Waals surface area contributed by atoms with Crippen molar-refractivity contribution in [2.24, 2.45) is 0 Å². The minimum absolute atomic E-state index is 0.00787. The van der Waals surface area contributed by atoms with Gasteiger partial charge in [-0.3, -0.25) is 19.7 Å². The van der Waals surface area contributed by atoms with Crippen LogP contribution in [0.5, 0.6) is 0 Å². The fraction of sp³-hybridized carbons (Fsp3) is 0.364. The van der Waals surface area contributed by atoms with Crippen LogP contribution in [-0.2, 0) is 4.79 Å². The number of benzene rings is 2. The van der Waals surface area contributed by atoms with Crippen molar-refractivity contribution in [3.8, 4) is 0 Å². The molecule has 1 aliphatic rings. The lowest BCUT2D eigenvalue weighted by atomic mass is 9.94. The summed E-state index contributed by atoms with van der Waals surface area (Å²) in [5.74, 6) is 0.00775. The first-order chi connectivity index (χ1) is 14.4. The largest absolute Gasteiger partial charge is 0.339 e. The van der Waals surface area contributed by atoms with Gasteiger partial charge in [-0.25, -0.2) is 0 Å². The Labute approximate surface area is 180 Å². The van der Waals surface area contributed by atoms with E-state index in [0.29, 0.717) is 17.3 Å². The van der Waals surface area contributed by atoms with E-state index in [1.165, 1.54) is 43.2 Å². The monoisotopic (exact) mass is 427 g/mol. The van der Waals surface area contributed by atoms with E-state index in [0.717, 1.165) is 17.7 Å². The first-order valence-electron chi connectivity index (χ1n) is 9.98. The highest BCUT2D eigenvalue weighted by molar-refractivity contribution is 8.00. The lowest BCUT2D eigenvalue weighted by Crippen LogP contribution is -2.38. The van der Waals surface area contributed by atoms with Crippen LogP contribution in [0.1, 0.15) is 42.5 Å². The van der Waals surface area contributed by atoms with Gasteiger partial charge in [-0.15, -0.1) is 11.8 Å². The highest BCUT2D eigenvalue weighted by atomic mass is 32.2. The van der Waals surface area contributed by atoms with Crippen LogP contribution in [0.25, 0.3) is 0 Å². The molecule has 0 bridgehead atoms. The van der Waals surface area contributed by atoms with Crippen molar-refractivity contribution in [2.45, 2.75) is 43.0 Å². The second-order valence-corrected chi connectivity index (χ2v) is 8.42. The van der Waals surface area contributed by atoms with E-state index in [2.05, 4.69) is 5.32 Å². The fourth-order valence-electron chi connectivity index (χ4n) is 3.54. The van der Waals surface area contributed by atoms with Crippen LogP contribution in [0.15, 0.2) is 53.4 Å². The Balaban J connectivity index is 1.50. The summed E-state index contributed by atoms with van der Waals surface area (Å²) < 4.78 is 0. The van der Waals surface area contributed by atoms with Gasteiger partial charge in [0.25, 0.3) is 11.6 Å². The standard InChI is InChI=1S/C22H25N3O4S/c1-24(18-5-3-2-4-6-18)22(27)16-7-9-17(10-8-16)23-21(26)15-30-20-13-11-19(12-14-20)25(28)29/h7-14,18H,2-6,15H2,1H3,(H,23,26). The SMILES string of the molecule is CN(C(=O)c1ccc(NC(=O)CSc2ccc([N+](=O)[O-])cc2)cc1)C1CCCCC1. The van der Waals surface area contributed by atoms with Crippen LogP contribution in [0.4, 0.5) is 11.4 Å². The Hall–Kier alpha value is -2.87. The maximum Gasteiger partial charge on any atom is 0.269 e.